The lowest BCUT2D eigenvalue weighted by atomic mass is 10.1. The van der Waals surface area contributed by atoms with Crippen LogP contribution in [0.15, 0.2) is 46.7 Å². The lowest BCUT2D eigenvalue weighted by Crippen LogP contribution is -1.95. The molecule has 2 aliphatic carbocycles. The van der Waals surface area contributed by atoms with E-state index in [-0.39, 0.29) is 5.76 Å². The number of rotatable bonds is 2. The van der Waals surface area contributed by atoms with Gasteiger partial charge in [-0.3, -0.25) is 0 Å². The maximum atomic E-state index is 9.71. The minimum atomic E-state index is 0.274. The van der Waals surface area contributed by atoms with Gasteiger partial charge in [-0.25, -0.2) is 0 Å². The Morgan fingerprint density at radius 2 is 1.93 bits per heavy atom. The van der Waals surface area contributed by atoms with Gasteiger partial charge in [0, 0.05) is 12.8 Å². The predicted molar refractivity (Wildman–Crippen MR) is 57.2 cm³/mol. The van der Waals surface area contributed by atoms with Gasteiger partial charge in [0.05, 0.1) is 25.6 Å². The smallest absolute Gasteiger partial charge is 0.126 e. The molecule has 0 unspecified atom stereocenters. The van der Waals surface area contributed by atoms with Crippen molar-refractivity contribution in [3.63, 3.8) is 0 Å². The molecule has 2 rings (SSSR count). The van der Waals surface area contributed by atoms with Crippen molar-refractivity contribution in [2.24, 2.45) is 0 Å². The molecule has 0 aromatic carbocycles. The van der Waals surface area contributed by atoms with Crippen molar-refractivity contribution >= 4 is 0 Å². The van der Waals surface area contributed by atoms with Crippen LogP contribution in [0.1, 0.15) is 12.8 Å². The van der Waals surface area contributed by atoms with Crippen LogP contribution in [0.4, 0.5) is 0 Å². The summed E-state index contributed by atoms with van der Waals surface area (Å²) in [5.74, 6) is 2.00. The van der Waals surface area contributed by atoms with Crippen LogP contribution in [-0.2, 0) is 9.47 Å². The zero-order chi connectivity index (χ0) is 10.8. The van der Waals surface area contributed by atoms with E-state index in [9.17, 15) is 5.11 Å². The Morgan fingerprint density at radius 3 is 2.60 bits per heavy atom. The molecule has 3 heteroatoms. The summed E-state index contributed by atoms with van der Waals surface area (Å²) in [5, 5.41) is 9.71. The second kappa shape index (κ2) is 3.85. The van der Waals surface area contributed by atoms with Gasteiger partial charge in [-0.2, -0.15) is 0 Å². The first-order valence-electron chi connectivity index (χ1n) is 4.89. The highest BCUT2D eigenvalue weighted by molar-refractivity contribution is 5.59. The first kappa shape index (κ1) is 9.90. The molecule has 0 saturated heterocycles. The highest BCUT2D eigenvalue weighted by Crippen LogP contribution is 2.34. The molecule has 0 fully saturated rings. The van der Waals surface area contributed by atoms with Gasteiger partial charge in [-0.05, 0) is 17.7 Å². The van der Waals surface area contributed by atoms with E-state index in [4.69, 9.17) is 9.47 Å². The fourth-order valence-corrected chi connectivity index (χ4v) is 1.88. The summed E-state index contributed by atoms with van der Waals surface area (Å²) in [7, 11) is 3.29. The molecule has 0 aromatic heterocycles. The van der Waals surface area contributed by atoms with Crippen molar-refractivity contribution in [3.05, 3.63) is 46.7 Å². The van der Waals surface area contributed by atoms with E-state index in [1.807, 2.05) is 12.2 Å². The van der Waals surface area contributed by atoms with E-state index < -0.39 is 0 Å². The van der Waals surface area contributed by atoms with Gasteiger partial charge in [0.1, 0.15) is 11.5 Å². The quantitative estimate of drug-likeness (QED) is 0.754. The van der Waals surface area contributed by atoms with Gasteiger partial charge >= 0.3 is 0 Å². The van der Waals surface area contributed by atoms with Gasteiger partial charge < -0.3 is 14.6 Å². The molecule has 0 saturated carbocycles. The maximum absolute atomic E-state index is 9.71. The molecular formula is C12H14O3. The normalized spacial score (nSPS) is 20.0. The predicted octanol–water partition coefficient (Wildman–Crippen LogP) is 2.59. The number of methoxy groups -OCH3 is 2. The number of fused-ring (bicyclic) bond motifs is 1. The fraction of sp³-hybridized carbons (Fsp3) is 0.333. The third-order valence-corrected chi connectivity index (χ3v) is 2.67. The van der Waals surface area contributed by atoms with Crippen molar-refractivity contribution < 1.29 is 14.6 Å². The molecule has 0 heterocycles. The summed E-state index contributed by atoms with van der Waals surface area (Å²) in [6.07, 6.45) is 7.04. The average molecular weight is 206 g/mol. The molecule has 1 N–H and O–H groups in total. The van der Waals surface area contributed by atoms with Gasteiger partial charge in [0.25, 0.3) is 0 Å². The molecule has 0 bridgehead atoms. The number of hydrogen-bond acceptors (Lipinski definition) is 3. The molecule has 80 valence electrons. The molecule has 2 aliphatic rings. The summed E-state index contributed by atoms with van der Waals surface area (Å²) in [4.78, 5) is 0. The first-order chi connectivity index (χ1) is 7.26. The van der Waals surface area contributed by atoms with E-state index in [0.717, 1.165) is 35.5 Å². The maximum Gasteiger partial charge on any atom is 0.126 e. The van der Waals surface area contributed by atoms with Crippen LogP contribution in [0.5, 0.6) is 0 Å². The second-order valence-corrected chi connectivity index (χ2v) is 3.49. The third-order valence-electron chi connectivity index (χ3n) is 2.67. The molecular weight excluding hydrogens is 192 g/mol. The lowest BCUT2D eigenvalue weighted by molar-refractivity contribution is 0.249. The molecule has 0 aliphatic heterocycles. The molecule has 15 heavy (non-hydrogen) atoms. The van der Waals surface area contributed by atoms with E-state index >= 15 is 0 Å². The van der Waals surface area contributed by atoms with Crippen LogP contribution in [0.25, 0.3) is 0 Å². The Morgan fingerprint density at radius 1 is 1.13 bits per heavy atom. The lowest BCUT2D eigenvalue weighted by Gasteiger charge is -2.09. The molecule has 0 spiro atoms. The SMILES string of the molecule is COC1=CC2=CC=C(O)C2=C(OC)CC1. The summed E-state index contributed by atoms with van der Waals surface area (Å²) in [6.45, 7) is 0. The molecule has 0 atom stereocenters. The Kier molecular flexibility index (Phi) is 2.54. The number of aliphatic hydroxyl groups excluding tert-OH is 1. The Balaban J connectivity index is 2.42. The molecule has 3 nitrogen and oxygen atoms in total. The summed E-state index contributed by atoms with van der Waals surface area (Å²) >= 11 is 0. The van der Waals surface area contributed by atoms with Crippen LogP contribution >= 0.6 is 0 Å². The van der Waals surface area contributed by atoms with Crippen LogP contribution < -0.4 is 0 Å². The number of ether oxygens (including phenoxy) is 2. The molecule has 0 amide bonds. The number of allylic oxidation sites excluding steroid dienone is 6. The van der Waals surface area contributed by atoms with Crippen LogP contribution in [0, 0.1) is 0 Å². The highest BCUT2D eigenvalue weighted by atomic mass is 16.5. The van der Waals surface area contributed by atoms with E-state index in [0.29, 0.717) is 0 Å². The van der Waals surface area contributed by atoms with Gasteiger partial charge in [-0.1, -0.05) is 6.08 Å². The van der Waals surface area contributed by atoms with Crippen molar-refractivity contribution in [2.45, 2.75) is 12.8 Å². The summed E-state index contributed by atoms with van der Waals surface area (Å²) in [5.41, 5.74) is 1.75. The van der Waals surface area contributed by atoms with Gasteiger partial charge in [0.15, 0.2) is 0 Å². The van der Waals surface area contributed by atoms with E-state index in [1.54, 1.807) is 20.3 Å². The molecule has 0 radical (unpaired) electrons. The first-order valence-corrected chi connectivity index (χ1v) is 4.89. The summed E-state index contributed by atoms with van der Waals surface area (Å²) in [6, 6.07) is 0. The Labute approximate surface area is 89.0 Å². The van der Waals surface area contributed by atoms with Crippen LogP contribution in [0.2, 0.25) is 0 Å². The van der Waals surface area contributed by atoms with Crippen molar-refractivity contribution in [1.82, 2.24) is 0 Å². The number of aliphatic hydroxyl groups is 1. The van der Waals surface area contributed by atoms with Crippen molar-refractivity contribution in [2.75, 3.05) is 14.2 Å². The van der Waals surface area contributed by atoms with Crippen molar-refractivity contribution in [1.29, 1.82) is 0 Å². The second-order valence-electron chi connectivity index (χ2n) is 3.49. The Bertz CT molecular complexity index is 397. The zero-order valence-electron chi connectivity index (χ0n) is 8.91. The monoisotopic (exact) mass is 206 g/mol. The topological polar surface area (TPSA) is 38.7 Å². The zero-order valence-corrected chi connectivity index (χ0v) is 8.91. The minimum absolute atomic E-state index is 0.274. The van der Waals surface area contributed by atoms with Crippen LogP contribution in [-0.4, -0.2) is 19.3 Å². The van der Waals surface area contributed by atoms with Crippen LogP contribution in [0.3, 0.4) is 0 Å². The van der Waals surface area contributed by atoms with Gasteiger partial charge in [0.2, 0.25) is 0 Å². The van der Waals surface area contributed by atoms with E-state index in [2.05, 4.69) is 0 Å². The largest absolute Gasteiger partial charge is 0.507 e. The Hall–Kier alpha value is -1.64. The standard InChI is InChI=1S/C12H14O3/c1-14-9-4-6-11(15-2)12-8(7-9)3-5-10(12)13/h3,5,7,13H,4,6H2,1-2H3. The average Bonchev–Trinajstić information content (AvgIpc) is 2.52. The highest BCUT2D eigenvalue weighted by Gasteiger charge is 2.22. The van der Waals surface area contributed by atoms with E-state index in [1.165, 1.54) is 0 Å². The van der Waals surface area contributed by atoms with Gasteiger partial charge in [-0.15, -0.1) is 0 Å². The van der Waals surface area contributed by atoms with Crippen molar-refractivity contribution in [3.8, 4) is 0 Å². The third kappa shape index (κ3) is 1.65. The minimum Gasteiger partial charge on any atom is -0.507 e. The molecule has 0 aromatic rings. The number of hydrogen-bond donors (Lipinski definition) is 1. The fourth-order valence-electron chi connectivity index (χ4n) is 1.88. The summed E-state index contributed by atoms with van der Waals surface area (Å²) < 4.78 is 10.5.